The number of ether oxygens (including phenoxy) is 1. The van der Waals surface area contributed by atoms with Gasteiger partial charge in [-0.25, -0.2) is 4.39 Å². The number of benzene rings is 1. The minimum atomic E-state index is -0.157. The molecule has 2 heterocycles. The van der Waals surface area contributed by atoms with Gasteiger partial charge in [0.05, 0.1) is 6.61 Å². The van der Waals surface area contributed by atoms with E-state index in [2.05, 4.69) is 10.2 Å². The molecule has 0 bridgehead atoms. The zero-order valence-electron chi connectivity index (χ0n) is 11.9. The van der Waals surface area contributed by atoms with Crippen LogP contribution in [0, 0.1) is 5.82 Å². The van der Waals surface area contributed by atoms with Gasteiger partial charge in [-0.15, -0.1) is 0 Å². The number of likely N-dealkylation sites (tertiary alicyclic amines) is 1. The van der Waals surface area contributed by atoms with Crippen LogP contribution < -0.4 is 5.32 Å². The van der Waals surface area contributed by atoms with Crippen LogP contribution in [0.3, 0.4) is 0 Å². The van der Waals surface area contributed by atoms with Crippen molar-refractivity contribution < 1.29 is 9.13 Å². The van der Waals surface area contributed by atoms with Crippen LogP contribution >= 0.6 is 0 Å². The van der Waals surface area contributed by atoms with Crippen LogP contribution in [0.1, 0.15) is 24.8 Å². The highest BCUT2D eigenvalue weighted by Crippen LogP contribution is 2.16. The molecular weight excluding hydrogens is 255 g/mol. The normalized spacial score (nSPS) is 25.1. The predicted octanol–water partition coefficient (Wildman–Crippen LogP) is 2.17. The van der Waals surface area contributed by atoms with Crippen LogP contribution in [0.2, 0.25) is 0 Å². The summed E-state index contributed by atoms with van der Waals surface area (Å²) < 4.78 is 18.3. The number of hydrogen-bond donors (Lipinski definition) is 1. The third-order valence-electron chi connectivity index (χ3n) is 4.31. The van der Waals surface area contributed by atoms with Gasteiger partial charge in [0.1, 0.15) is 5.82 Å². The molecule has 1 aromatic rings. The van der Waals surface area contributed by atoms with E-state index in [1.54, 1.807) is 12.1 Å². The number of nitrogens with one attached hydrogen (secondary N) is 1. The van der Waals surface area contributed by atoms with E-state index < -0.39 is 0 Å². The fourth-order valence-corrected chi connectivity index (χ4v) is 3.11. The molecule has 0 saturated carbocycles. The predicted molar refractivity (Wildman–Crippen MR) is 77.1 cm³/mol. The molecule has 2 aliphatic rings. The molecule has 0 spiro atoms. The summed E-state index contributed by atoms with van der Waals surface area (Å²) in [4.78, 5) is 2.45. The molecule has 1 atom stereocenters. The van der Waals surface area contributed by atoms with Crippen molar-refractivity contribution in [2.45, 2.75) is 37.9 Å². The maximum absolute atomic E-state index is 12.9. The maximum Gasteiger partial charge on any atom is 0.123 e. The first-order valence-electron chi connectivity index (χ1n) is 7.60. The molecule has 110 valence electrons. The quantitative estimate of drug-likeness (QED) is 0.913. The lowest BCUT2D eigenvalue weighted by atomic mass is 10.0. The minimum Gasteiger partial charge on any atom is -0.380 e. The summed E-state index contributed by atoms with van der Waals surface area (Å²) in [5.41, 5.74) is 1.20. The Morgan fingerprint density at radius 3 is 2.50 bits per heavy atom. The lowest BCUT2D eigenvalue weighted by molar-refractivity contribution is 0.167. The van der Waals surface area contributed by atoms with Gasteiger partial charge in [-0.2, -0.15) is 0 Å². The van der Waals surface area contributed by atoms with Crippen molar-refractivity contribution in [3.63, 3.8) is 0 Å². The average Bonchev–Trinajstić information content (AvgIpc) is 2.96. The summed E-state index contributed by atoms with van der Waals surface area (Å²) in [6.07, 6.45) is 3.53. The highest BCUT2D eigenvalue weighted by atomic mass is 19.1. The largest absolute Gasteiger partial charge is 0.380 e. The van der Waals surface area contributed by atoms with Crippen molar-refractivity contribution in [2.75, 3.05) is 26.3 Å². The fourth-order valence-electron chi connectivity index (χ4n) is 3.11. The van der Waals surface area contributed by atoms with Gasteiger partial charge < -0.3 is 10.1 Å². The maximum atomic E-state index is 12.9. The van der Waals surface area contributed by atoms with E-state index in [-0.39, 0.29) is 5.82 Å². The Kier molecular flexibility index (Phi) is 4.65. The van der Waals surface area contributed by atoms with E-state index in [9.17, 15) is 4.39 Å². The molecule has 2 fully saturated rings. The summed E-state index contributed by atoms with van der Waals surface area (Å²) in [5.74, 6) is -0.157. The van der Waals surface area contributed by atoms with E-state index >= 15 is 0 Å². The molecule has 2 aliphatic heterocycles. The molecular formula is C16H23FN2O. The summed E-state index contributed by atoms with van der Waals surface area (Å²) in [6.45, 7) is 4.93. The molecule has 2 saturated heterocycles. The van der Waals surface area contributed by atoms with Crippen molar-refractivity contribution in [1.29, 1.82) is 0 Å². The first-order chi connectivity index (χ1) is 9.79. The van der Waals surface area contributed by atoms with Gasteiger partial charge in [-0.1, -0.05) is 12.1 Å². The summed E-state index contributed by atoms with van der Waals surface area (Å²) in [5, 5.41) is 3.71. The standard InChI is InChI=1S/C16H23FN2O/c17-14-3-1-13(2-4-14)11-19-8-5-15(6-9-19)18-16-7-10-20-12-16/h1-4,15-16,18H,5-12H2/t16-/m1/s1. The van der Waals surface area contributed by atoms with E-state index in [0.717, 1.165) is 39.3 Å². The molecule has 0 radical (unpaired) electrons. The smallest absolute Gasteiger partial charge is 0.123 e. The Hall–Kier alpha value is -0.970. The van der Waals surface area contributed by atoms with Gasteiger partial charge in [-0.05, 0) is 50.0 Å². The minimum absolute atomic E-state index is 0.157. The van der Waals surface area contributed by atoms with Gasteiger partial charge in [0.2, 0.25) is 0 Å². The molecule has 0 aliphatic carbocycles. The van der Waals surface area contributed by atoms with Crippen molar-refractivity contribution in [2.24, 2.45) is 0 Å². The number of halogens is 1. The molecule has 3 rings (SSSR count). The Morgan fingerprint density at radius 2 is 1.85 bits per heavy atom. The SMILES string of the molecule is Fc1ccc(CN2CCC(N[C@@H]3CCOC3)CC2)cc1. The molecule has 0 aromatic heterocycles. The van der Waals surface area contributed by atoms with Crippen LogP contribution in [0.5, 0.6) is 0 Å². The van der Waals surface area contributed by atoms with E-state index in [1.807, 2.05) is 12.1 Å². The molecule has 4 heteroatoms. The average molecular weight is 278 g/mol. The van der Waals surface area contributed by atoms with Crippen molar-refractivity contribution in [3.8, 4) is 0 Å². The fraction of sp³-hybridized carbons (Fsp3) is 0.625. The van der Waals surface area contributed by atoms with Crippen LogP contribution in [-0.4, -0.2) is 43.3 Å². The summed E-state index contributed by atoms with van der Waals surface area (Å²) in [7, 11) is 0. The molecule has 1 aromatic carbocycles. The van der Waals surface area contributed by atoms with Crippen molar-refractivity contribution >= 4 is 0 Å². The van der Waals surface area contributed by atoms with Gasteiger partial charge in [0.25, 0.3) is 0 Å². The second-order valence-corrected chi connectivity index (χ2v) is 5.90. The monoisotopic (exact) mass is 278 g/mol. The second-order valence-electron chi connectivity index (χ2n) is 5.90. The molecule has 20 heavy (non-hydrogen) atoms. The third-order valence-corrected chi connectivity index (χ3v) is 4.31. The molecule has 0 unspecified atom stereocenters. The van der Waals surface area contributed by atoms with Crippen molar-refractivity contribution in [3.05, 3.63) is 35.6 Å². The van der Waals surface area contributed by atoms with Crippen LogP contribution in [-0.2, 0) is 11.3 Å². The van der Waals surface area contributed by atoms with Crippen LogP contribution in [0.15, 0.2) is 24.3 Å². The van der Waals surface area contributed by atoms with Crippen molar-refractivity contribution in [1.82, 2.24) is 10.2 Å². The summed E-state index contributed by atoms with van der Waals surface area (Å²) in [6, 6.07) is 8.05. The Morgan fingerprint density at radius 1 is 1.10 bits per heavy atom. The molecule has 0 amide bonds. The molecule has 1 N–H and O–H groups in total. The van der Waals surface area contributed by atoms with Crippen LogP contribution in [0.25, 0.3) is 0 Å². The van der Waals surface area contributed by atoms with Gasteiger partial charge in [0, 0.05) is 25.2 Å². The van der Waals surface area contributed by atoms with Gasteiger partial charge >= 0.3 is 0 Å². The zero-order chi connectivity index (χ0) is 13.8. The lowest BCUT2D eigenvalue weighted by Gasteiger charge is -2.33. The number of rotatable bonds is 4. The Balaban J connectivity index is 1.42. The van der Waals surface area contributed by atoms with Gasteiger partial charge in [0.15, 0.2) is 0 Å². The first kappa shape index (κ1) is 14.0. The number of hydrogen-bond acceptors (Lipinski definition) is 3. The highest BCUT2D eigenvalue weighted by Gasteiger charge is 2.23. The van der Waals surface area contributed by atoms with E-state index in [0.29, 0.717) is 12.1 Å². The second kappa shape index (κ2) is 6.66. The molecule has 3 nitrogen and oxygen atoms in total. The number of nitrogens with zero attached hydrogens (tertiary/aromatic N) is 1. The van der Waals surface area contributed by atoms with E-state index in [4.69, 9.17) is 4.74 Å². The first-order valence-corrected chi connectivity index (χ1v) is 7.60. The van der Waals surface area contributed by atoms with E-state index in [1.165, 1.54) is 18.4 Å². The topological polar surface area (TPSA) is 24.5 Å². The highest BCUT2D eigenvalue weighted by molar-refractivity contribution is 5.15. The number of piperidine rings is 1. The Bertz CT molecular complexity index is 409. The summed E-state index contributed by atoms with van der Waals surface area (Å²) >= 11 is 0. The zero-order valence-corrected chi connectivity index (χ0v) is 11.9. The Labute approximate surface area is 120 Å². The third kappa shape index (κ3) is 3.78. The lowest BCUT2D eigenvalue weighted by Crippen LogP contribution is -2.46. The van der Waals surface area contributed by atoms with Crippen LogP contribution in [0.4, 0.5) is 4.39 Å². The van der Waals surface area contributed by atoms with Gasteiger partial charge in [-0.3, -0.25) is 4.90 Å².